The summed E-state index contributed by atoms with van der Waals surface area (Å²) in [6.07, 6.45) is 0. The number of carbonyl (C=O) groups is 1. The summed E-state index contributed by atoms with van der Waals surface area (Å²) in [6.45, 7) is 1.70. The molecule has 1 atom stereocenters. The Hall–Kier alpha value is -1.17. The average Bonchev–Trinajstić information content (AvgIpc) is 2.26. The van der Waals surface area contributed by atoms with Crippen LogP contribution in [0.25, 0.3) is 0 Å². The SMILES string of the molecule is COC(=O)C(C)CNc1c(F)cc(Br)cc1F. The van der Waals surface area contributed by atoms with Gasteiger partial charge in [-0.25, -0.2) is 8.78 Å². The molecule has 0 amide bonds. The van der Waals surface area contributed by atoms with Gasteiger partial charge in [0.05, 0.1) is 13.0 Å². The van der Waals surface area contributed by atoms with Crippen LogP contribution < -0.4 is 5.32 Å². The molecule has 0 aliphatic heterocycles. The third kappa shape index (κ3) is 3.66. The maximum atomic E-state index is 13.4. The van der Waals surface area contributed by atoms with E-state index in [0.717, 1.165) is 12.1 Å². The zero-order valence-corrected chi connectivity index (χ0v) is 11.0. The summed E-state index contributed by atoms with van der Waals surface area (Å²) >= 11 is 2.98. The molecule has 94 valence electrons. The number of hydrogen-bond acceptors (Lipinski definition) is 3. The lowest BCUT2D eigenvalue weighted by atomic mass is 10.2. The molecule has 0 heterocycles. The number of rotatable bonds is 4. The Bertz CT molecular complexity index is 403. The Labute approximate surface area is 106 Å². The van der Waals surface area contributed by atoms with Crippen molar-refractivity contribution >= 4 is 27.6 Å². The van der Waals surface area contributed by atoms with E-state index in [0.29, 0.717) is 4.47 Å². The number of hydrogen-bond donors (Lipinski definition) is 1. The standard InChI is InChI=1S/C11H12BrF2NO2/c1-6(11(16)17-2)5-15-10-8(13)3-7(12)4-9(10)14/h3-4,6,15H,5H2,1-2H3. The van der Waals surface area contributed by atoms with Crippen LogP contribution in [0.2, 0.25) is 0 Å². The molecule has 0 spiro atoms. The van der Waals surface area contributed by atoms with E-state index in [1.165, 1.54) is 7.11 Å². The highest BCUT2D eigenvalue weighted by Gasteiger charge is 2.15. The van der Waals surface area contributed by atoms with E-state index in [1.54, 1.807) is 6.92 Å². The second-order valence-corrected chi connectivity index (χ2v) is 4.47. The Balaban J connectivity index is 2.73. The molecule has 6 heteroatoms. The molecule has 3 nitrogen and oxygen atoms in total. The first-order chi connectivity index (χ1) is 7.95. The number of esters is 1. The van der Waals surface area contributed by atoms with E-state index in [1.807, 2.05) is 0 Å². The van der Waals surface area contributed by atoms with Gasteiger partial charge in [-0.2, -0.15) is 0 Å². The summed E-state index contributed by atoms with van der Waals surface area (Å²) < 4.78 is 31.6. The second kappa shape index (κ2) is 5.95. The first-order valence-corrected chi connectivity index (χ1v) is 5.71. The highest BCUT2D eigenvalue weighted by Crippen LogP contribution is 2.23. The second-order valence-electron chi connectivity index (χ2n) is 3.55. The highest BCUT2D eigenvalue weighted by atomic mass is 79.9. The van der Waals surface area contributed by atoms with Crippen molar-refractivity contribution in [1.29, 1.82) is 0 Å². The van der Waals surface area contributed by atoms with Crippen molar-refractivity contribution in [2.45, 2.75) is 6.92 Å². The maximum Gasteiger partial charge on any atom is 0.310 e. The molecule has 0 bridgehead atoms. The van der Waals surface area contributed by atoms with Gasteiger partial charge in [-0.3, -0.25) is 4.79 Å². The summed E-state index contributed by atoms with van der Waals surface area (Å²) in [5.74, 6) is -2.35. The largest absolute Gasteiger partial charge is 0.469 e. The van der Waals surface area contributed by atoms with Gasteiger partial charge >= 0.3 is 5.97 Å². The van der Waals surface area contributed by atoms with E-state index in [-0.39, 0.29) is 12.2 Å². The number of halogens is 3. The van der Waals surface area contributed by atoms with Gasteiger partial charge in [0.15, 0.2) is 0 Å². The van der Waals surface area contributed by atoms with Crippen molar-refractivity contribution in [2.75, 3.05) is 19.0 Å². The molecule has 1 unspecified atom stereocenters. The van der Waals surface area contributed by atoms with Crippen LogP contribution in [0.15, 0.2) is 16.6 Å². The predicted molar refractivity (Wildman–Crippen MR) is 63.7 cm³/mol. The lowest BCUT2D eigenvalue weighted by molar-refractivity contribution is -0.144. The number of methoxy groups -OCH3 is 1. The topological polar surface area (TPSA) is 38.3 Å². The van der Waals surface area contributed by atoms with Crippen LogP contribution in [0.3, 0.4) is 0 Å². The molecule has 0 aromatic heterocycles. The molecule has 0 fully saturated rings. The number of carbonyl (C=O) groups excluding carboxylic acids is 1. The minimum Gasteiger partial charge on any atom is -0.469 e. The lowest BCUT2D eigenvalue weighted by Gasteiger charge is -2.13. The van der Waals surface area contributed by atoms with Crippen molar-refractivity contribution in [1.82, 2.24) is 0 Å². The molecule has 0 radical (unpaired) electrons. The monoisotopic (exact) mass is 307 g/mol. The van der Waals surface area contributed by atoms with Crippen LogP contribution in [-0.2, 0) is 9.53 Å². The molecule has 0 aliphatic carbocycles. The van der Waals surface area contributed by atoms with Crippen LogP contribution in [-0.4, -0.2) is 19.6 Å². The van der Waals surface area contributed by atoms with Crippen LogP contribution in [0.5, 0.6) is 0 Å². The van der Waals surface area contributed by atoms with Gasteiger partial charge in [0.25, 0.3) is 0 Å². The Morgan fingerprint density at radius 1 is 1.47 bits per heavy atom. The summed E-state index contributed by atoms with van der Waals surface area (Å²) in [5.41, 5.74) is -0.246. The van der Waals surface area contributed by atoms with E-state index < -0.39 is 23.5 Å². The molecule has 1 rings (SSSR count). The molecule has 17 heavy (non-hydrogen) atoms. The maximum absolute atomic E-state index is 13.4. The van der Waals surface area contributed by atoms with Crippen LogP contribution in [0.4, 0.5) is 14.5 Å². The van der Waals surface area contributed by atoms with Crippen molar-refractivity contribution in [3.63, 3.8) is 0 Å². The number of nitrogens with one attached hydrogen (secondary N) is 1. The van der Waals surface area contributed by atoms with Crippen molar-refractivity contribution in [2.24, 2.45) is 5.92 Å². The molecular weight excluding hydrogens is 296 g/mol. The van der Waals surface area contributed by atoms with Crippen LogP contribution >= 0.6 is 15.9 Å². The van der Waals surface area contributed by atoms with E-state index in [9.17, 15) is 13.6 Å². The third-order valence-corrected chi connectivity index (χ3v) is 2.65. The molecule has 0 saturated heterocycles. The first-order valence-electron chi connectivity index (χ1n) is 4.92. The minimum atomic E-state index is -0.714. The average molecular weight is 308 g/mol. The lowest BCUT2D eigenvalue weighted by Crippen LogP contribution is -2.22. The van der Waals surface area contributed by atoms with E-state index in [2.05, 4.69) is 26.0 Å². The van der Waals surface area contributed by atoms with E-state index in [4.69, 9.17) is 0 Å². The molecule has 0 saturated carbocycles. The third-order valence-electron chi connectivity index (χ3n) is 2.20. The normalized spacial score (nSPS) is 12.1. The molecule has 1 N–H and O–H groups in total. The molecular formula is C11H12BrF2NO2. The van der Waals surface area contributed by atoms with Crippen molar-refractivity contribution in [3.05, 3.63) is 28.2 Å². The predicted octanol–water partition coefficient (Wildman–Crippen LogP) is 2.95. The number of ether oxygens (including phenoxy) is 1. The van der Waals surface area contributed by atoms with Gasteiger partial charge in [0, 0.05) is 11.0 Å². The Morgan fingerprint density at radius 3 is 2.47 bits per heavy atom. The van der Waals surface area contributed by atoms with Gasteiger partial charge in [-0.1, -0.05) is 22.9 Å². The molecule has 1 aromatic rings. The van der Waals surface area contributed by atoms with E-state index >= 15 is 0 Å². The molecule has 0 aliphatic rings. The highest BCUT2D eigenvalue weighted by molar-refractivity contribution is 9.10. The fourth-order valence-corrected chi connectivity index (χ4v) is 1.65. The van der Waals surface area contributed by atoms with Crippen molar-refractivity contribution in [3.8, 4) is 0 Å². The van der Waals surface area contributed by atoms with Crippen molar-refractivity contribution < 1.29 is 18.3 Å². The minimum absolute atomic E-state index is 0.0994. The molecule has 1 aromatic carbocycles. The fourth-order valence-electron chi connectivity index (χ4n) is 1.25. The number of benzene rings is 1. The number of anilines is 1. The first kappa shape index (κ1) is 13.9. The Kier molecular flexibility index (Phi) is 4.86. The smallest absolute Gasteiger partial charge is 0.310 e. The van der Waals surface area contributed by atoms with Gasteiger partial charge in [0.1, 0.15) is 17.3 Å². The Morgan fingerprint density at radius 2 is 2.00 bits per heavy atom. The summed E-state index contributed by atoms with van der Waals surface area (Å²) in [4.78, 5) is 11.1. The fraction of sp³-hybridized carbons (Fsp3) is 0.364. The van der Waals surface area contributed by atoms with Gasteiger partial charge in [-0.05, 0) is 12.1 Å². The van der Waals surface area contributed by atoms with Gasteiger partial charge in [-0.15, -0.1) is 0 Å². The summed E-state index contributed by atoms with van der Waals surface area (Å²) in [6, 6.07) is 2.29. The van der Waals surface area contributed by atoms with Crippen LogP contribution in [0, 0.1) is 17.6 Å². The zero-order chi connectivity index (χ0) is 13.0. The summed E-state index contributed by atoms with van der Waals surface area (Å²) in [7, 11) is 1.26. The van der Waals surface area contributed by atoms with Crippen LogP contribution in [0.1, 0.15) is 6.92 Å². The zero-order valence-electron chi connectivity index (χ0n) is 9.39. The summed E-state index contributed by atoms with van der Waals surface area (Å²) in [5, 5.41) is 2.55. The van der Waals surface area contributed by atoms with Gasteiger partial charge in [0.2, 0.25) is 0 Å². The quantitative estimate of drug-likeness (QED) is 0.869. The van der Waals surface area contributed by atoms with Gasteiger partial charge < -0.3 is 10.1 Å².